The van der Waals surface area contributed by atoms with Gasteiger partial charge in [-0.1, -0.05) is 12.1 Å². The van der Waals surface area contributed by atoms with Crippen molar-refractivity contribution in [3.05, 3.63) is 68.4 Å². The van der Waals surface area contributed by atoms with Crippen LogP contribution in [0.25, 0.3) is 11.0 Å². The van der Waals surface area contributed by atoms with Crippen molar-refractivity contribution in [1.29, 1.82) is 5.26 Å². The number of nitrogens with one attached hydrogen (secondary N) is 1. The van der Waals surface area contributed by atoms with Crippen LogP contribution in [0.1, 0.15) is 44.9 Å². The fourth-order valence-corrected chi connectivity index (χ4v) is 3.54. The Bertz CT molecular complexity index is 1130. The summed E-state index contributed by atoms with van der Waals surface area (Å²) >= 11 is 0. The molecule has 0 saturated heterocycles. The first-order chi connectivity index (χ1) is 13.2. The molecule has 1 aliphatic rings. The number of rotatable bonds is 3. The van der Waals surface area contributed by atoms with E-state index in [0.29, 0.717) is 44.8 Å². The number of aryl methyl sites for hydroxylation is 1. The predicted molar refractivity (Wildman–Crippen MR) is 105 cm³/mol. The molecule has 0 saturated carbocycles. The third kappa shape index (κ3) is 3.31. The topological polar surface area (TPSA) is 92.3 Å². The maximum atomic E-state index is 12.9. The van der Waals surface area contributed by atoms with Crippen molar-refractivity contribution in [2.45, 2.75) is 46.6 Å². The van der Waals surface area contributed by atoms with Gasteiger partial charge in [0.15, 0.2) is 5.43 Å². The van der Waals surface area contributed by atoms with E-state index in [1.165, 1.54) is 6.07 Å². The van der Waals surface area contributed by atoms with Crippen LogP contribution in [-0.4, -0.2) is 12.1 Å². The molecule has 144 valence electrons. The first-order valence-electron chi connectivity index (χ1n) is 9.07. The number of para-hydroxylation sites is 1. The Balaban J connectivity index is 2.33. The summed E-state index contributed by atoms with van der Waals surface area (Å²) in [5.41, 5.74) is 2.79. The molecule has 0 fully saturated rings. The van der Waals surface area contributed by atoms with Crippen LogP contribution < -0.4 is 10.7 Å². The van der Waals surface area contributed by atoms with Crippen LogP contribution in [0.5, 0.6) is 0 Å². The summed E-state index contributed by atoms with van der Waals surface area (Å²) in [6.07, 6.45) is -0.307. The lowest BCUT2D eigenvalue weighted by Gasteiger charge is -2.29. The Labute approximate surface area is 163 Å². The van der Waals surface area contributed by atoms with Gasteiger partial charge in [-0.25, -0.2) is 4.79 Å². The number of allylic oxidation sites excluding steroid dienone is 3. The van der Waals surface area contributed by atoms with E-state index in [1.54, 1.807) is 52.8 Å². The first kappa shape index (κ1) is 19.4. The smallest absolute Gasteiger partial charge is 0.337 e. The van der Waals surface area contributed by atoms with Gasteiger partial charge in [-0.05, 0) is 40.7 Å². The number of benzene rings is 1. The summed E-state index contributed by atoms with van der Waals surface area (Å²) in [6, 6.07) is 8.83. The number of esters is 1. The molecule has 0 aliphatic carbocycles. The molecule has 28 heavy (non-hydrogen) atoms. The van der Waals surface area contributed by atoms with Crippen LogP contribution in [0, 0.1) is 18.3 Å². The minimum Gasteiger partial charge on any atom is -0.461 e. The summed E-state index contributed by atoms with van der Waals surface area (Å²) < 4.78 is 11.3. The fraction of sp³-hybridized carbons (Fsp3) is 0.318. The van der Waals surface area contributed by atoms with Crippen molar-refractivity contribution in [2.24, 2.45) is 0 Å². The molecule has 2 aromatic rings. The Morgan fingerprint density at radius 2 is 1.96 bits per heavy atom. The SMILES string of the molecule is CC1=C(C#N)C(c2cccc3c(=O)cc(C)oc23)C(C(=O)OC(C)C)=C(C)N1. The normalized spacial score (nSPS) is 17.0. The van der Waals surface area contributed by atoms with Gasteiger partial charge in [0.05, 0.1) is 34.6 Å². The Morgan fingerprint density at radius 3 is 2.61 bits per heavy atom. The van der Waals surface area contributed by atoms with Gasteiger partial charge in [0.25, 0.3) is 0 Å². The first-order valence-corrected chi connectivity index (χ1v) is 9.07. The van der Waals surface area contributed by atoms with E-state index in [9.17, 15) is 14.9 Å². The van der Waals surface area contributed by atoms with E-state index in [-0.39, 0.29) is 11.5 Å². The number of fused-ring (bicyclic) bond motifs is 1. The largest absolute Gasteiger partial charge is 0.461 e. The second kappa shape index (κ2) is 7.35. The fourth-order valence-electron chi connectivity index (χ4n) is 3.54. The van der Waals surface area contributed by atoms with E-state index >= 15 is 0 Å². The zero-order chi connectivity index (χ0) is 20.6. The van der Waals surface area contributed by atoms with Crippen molar-refractivity contribution < 1.29 is 13.9 Å². The standard InChI is InChI=1S/C22H22N2O4/c1-11(2)27-22(26)19-14(5)24-13(4)17(10-23)20(19)16-8-6-7-15-18(25)9-12(3)28-21(15)16/h6-9,11,20,24H,1-5H3. The summed E-state index contributed by atoms with van der Waals surface area (Å²) in [6.45, 7) is 8.79. The molecular weight excluding hydrogens is 356 g/mol. The van der Waals surface area contributed by atoms with Gasteiger partial charge in [-0.15, -0.1) is 0 Å². The molecule has 6 heteroatoms. The van der Waals surface area contributed by atoms with Gasteiger partial charge in [0.2, 0.25) is 0 Å². The zero-order valence-corrected chi connectivity index (χ0v) is 16.5. The Kier molecular flexibility index (Phi) is 5.10. The number of hydrogen-bond acceptors (Lipinski definition) is 6. The third-order valence-electron chi connectivity index (χ3n) is 4.66. The monoisotopic (exact) mass is 378 g/mol. The predicted octanol–water partition coefficient (Wildman–Crippen LogP) is 3.81. The lowest BCUT2D eigenvalue weighted by molar-refractivity contribution is -0.143. The molecule has 3 rings (SSSR count). The van der Waals surface area contributed by atoms with Crippen molar-refractivity contribution >= 4 is 16.9 Å². The van der Waals surface area contributed by atoms with Crippen LogP contribution in [-0.2, 0) is 9.53 Å². The zero-order valence-electron chi connectivity index (χ0n) is 16.5. The molecule has 1 aromatic carbocycles. The average Bonchev–Trinajstić information content (AvgIpc) is 2.59. The maximum Gasteiger partial charge on any atom is 0.337 e. The van der Waals surface area contributed by atoms with Gasteiger partial charge < -0.3 is 14.5 Å². The molecule has 0 amide bonds. The van der Waals surface area contributed by atoms with Gasteiger partial charge in [0.1, 0.15) is 11.3 Å². The van der Waals surface area contributed by atoms with E-state index in [0.717, 1.165) is 0 Å². The Morgan fingerprint density at radius 1 is 1.25 bits per heavy atom. The number of hydrogen-bond donors (Lipinski definition) is 1. The highest BCUT2D eigenvalue weighted by atomic mass is 16.5. The summed E-state index contributed by atoms with van der Waals surface area (Å²) in [4.78, 5) is 25.3. The summed E-state index contributed by atoms with van der Waals surface area (Å²) in [5, 5.41) is 13.3. The summed E-state index contributed by atoms with van der Waals surface area (Å²) in [5.74, 6) is -0.728. The number of nitrogens with zero attached hydrogens (tertiary/aromatic N) is 1. The van der Waals surface area contributed by atoms with Crippen LogP contribution in [0.4, 0.5) is 0 Å². The van der Waals surface area contributed by atoms with Gasteiger partial charge in [-0.2, -0.15) is 5.26 Å². The van der Waals surface area contributed by atoms with Crippen LogP contribution in [0.15, 0.2) is 56.0 Å². The van der Waals surface area contributed by atoms with Crippen LogP contribution >= 0.6 is 0 Å². The molecular formula is C22H22N2O4. The Hall–Kier alpha value is -3.33. The molecule has 2 heterocycles. The van der Waals surface area contributed by atoms with Crippen molar-refractivity contribution in [3.8, 4) is 6.07 Å². The van der Waals surface area contributed by atoms with Gasteiger partial charge in [-0.3, -0.25) is 4.79 Å². The third-order valence-corrected chi connectivity index (χ3v) is 4.66. The van der Waals surface area contributed by atoms with Crippen LogP contribution in [0.3, 0.4) is 0 Å². The maximum absolute atomic E-state index is 12.9. The molecule has 1 N–H and O–H groups in total. The second-order valence-electron chi connectivity index (χ2n) is 7.15. The van der Waals surface area contributed by atoms with Crippen molar-refractivity contribution in [2.75, 3.05) is 0 Å². The quantitative estimate of drug-likeness (QED) is 0.817. The molecule has 1 unspecified atom stereocenters. The van der Waals surface area contributed by atoms with Crippen LogP contribution in [0.2, 0.25) is 0 Å². The number of carbonyl (C=O) groups is 1. The minimum absolute atomic E-state index is 0.166. The van der Waals surface area contributed by atoms with E-state index < -0.39 is 11.9 Å². The van der Waals surface area contributed by atoms with E-state index in [4.69, 9.17) is 9.15 Å². The number of carbonyl (C=O) groups excluding carboxylic acids is 1. The van der Waals surface area contributed by atoms with Crippen molar-refractivity contribution in [3.63, 3.8) is 0 Å². The highest BCUT2D eigenvalue weighted by Crippen LogP contribution is 2.40. The van der Waals surface area contributed by atoms with Crippen molar-refractivity contribution in [1.82, 2.24) is 5.32 Å². The summed E-state index contributed by atoms with van der Waals surface area (Å²) in [7, 11) is 0. The highest BCUT2D eigenvalue weighted by molar-refractivity contribution is 5.95. The minimum atomic E-state index is -0.689. The lowest BCUT2D eigenvalue weighted by Crippen LogP contribution is -2.30. The van der Waals surface area contributed by atoms with E-state index in [1.807, 2.05) is 0 Å². The van der Waals surface area contributed by atoms with E-state index in [2.05, 4.69) is 11.4 Å². The molecule has 0 radical (unpaired) electrons. The molecule has 1 aromatic heterocycles. The molecule has 1 aliphatic heterocycles. The van der Waals surface area contributed by atoms with Gasteiger partial charge in [0, 0.05) is 23.0 Å². The van der Waals surface area contributed by atoms with Gasteiger partial charge >= 0.3 is 5.97 Å². The molecule has 0 bridgehead atoms. The molecule has 1 atom stereocenters. The lowest BCUT2D eigenvalue weighted by atomic mass is 9.80. The number of dihydropyridines is 1. The molecule has 6 nitrogen and oxygen atoms in total. The highest BCUT2D eigenvalue weighted by Gasteiger charge is 2.36. The molecule has 0 spiro atoms. The second-order valence-corrected chi connectivity index (χ2v) is 7.15. The number of ether oxygens (including phenoxy) is 1. The number of nitriles is 1. The average molecular weight is 378 g/mol.